The predicted molar refractivity (Wildman–Crippen MR) is 105 cm³/mol. The maximum absolute atomic E-state index is 6.52. The number of rotatable bonds is 6. The maximum atomic E-state index is 6.52. The van der Waals surface area contributed by atoms with Crippen LogP contribution in [0.1, 0.15) is 31.4 Å². The van der Waals surface area contributed by atoms with E-state index >= 15 is 0 Å². The summed E-state index contributed by atoms with van der Waals surface area (Å²) in [6, 6.07) is 12.5. The number of thiophene rings is 1. The van der Waals surface area contributed by atoms with E-state index in [4.69, 9.17) is 9.47 Å². The molecular formula is C20H23N3O2S. The average Bonchev–Trinajstić information content (AvgIpc) is 3.17. The van der Waals surface area contributed by atoms with Crippen LogP contribution in [0, 0.1) is 0 Å². The average molecular weight is 369 g/mol. The molecule has 2 aromatic heterocycles. The van der Waals surface area contributed by atoms with Crippen LogP contribution < -0.4 is 5.32 Å². The minimum Gasteiger partial charge on any atom is -0.381 e. The fourth-order valence-electron chi connectivity index (χ4n) is 3.34. The highest BCUT2D eigenvalue weighted by molar-refractivity contribution is 7.16. The molecule has 1 N–H and O–H groups in total. The van der Waals surface area contributed by atoms with Gasteiger partial charge in [-0.15, -0.1) is 11.3 Å². The van der Waals surface area contributed by atoms with E-state index in [-0.39, 0.29) is 18.2 Å². The van der Waals surface area contributed by atoms with Crippen molar-refractivity contribution in [2.75, 3.05) is 18.5 Å². The Morgan fingerprint density at radius 1 is 1.15 bits per heavy atom. The molecule has 0 spiro atoms. The summed E-state index contributed by atoms with van der Waals surface area (Å²) < 4.78 is 12.0. The van der Waals surface area contributed by atoms with Crippen LogP contribution >= 0.6 is 11.3 Å². The zero-order valence-electron chi connectivity index (χ0n) is 14.8. The fourth-order valence-corrected chi connectivity index (χ4v) is 4.08. The molecule has 3 heterocycles. The van der Waals surface area contributed by atoms with Crippen LogP contribution in [0.4, 0.5) is 5.82 Å². The molecular weight excluding hydrogens is 346 g/mol. The largest absolute Gasteiger partial charge is 0.381 e. The van der Waals surface area contributed by atoms with Gasteiger partial charge < -0.3 is 14.8 Å². The van der Waals surface area contributed by atoms with E-state index < -0.39 is 0 Å². The summed E-state index contributed by atoms with van der Waals surface area (Å²) in [6.45, 7) is 3.70. The van der Waals surface area contributed by atoms with Crippen LogP contribution in [-0.4, -0.2) is 35.3 Å². The molecule has 6 heteroatoms. The molecule has 2 unspecified atom stereocenters. The number of aromatic nitrogens is 2. The second-order valence-electron chi connectivity index (χ2n) is 6.57. The molecule has 1 aromatic carbocycles. The highest BCUT2D eigenvalue weighted by Crippen LogP contribution is 2.30. The number of fused-ring (bicyclic) bond motifs is 1. The topological polar surface area (TPSA) is 56.3 Å². The van der Waals surface area contributed by atoms with Gasteiger partial charge in [0.15, 0.2) is 0 Å². The zero-order chi connectivity index (χ0) is 17.8. The van der Waals surface area contributed by atoms with Crippen LogP contribution in [0.15, 0.2) is 48.1 Å². The lowest BCUT2D eigenvalue weighted by molar-refractivity contribution is -0.0738. The highest BCUT2D eigenvalue weighted by atomic mass is 32.1. The molecule has 0 radical (unpaired) electrons. The Morgan fingerprint density at radius 3 is 2.77 bits per heavy atom. The normalized spacial score (nSPS) is 17.9. The first kappa shape index (κ1) is 17.4. The molecule has 1 aliphatic heterocycles. The Bertz CT molecular complexity index is 833. The summed E-state index contributed by atoms with van der Waals surface area (Å²) in [5.41, 5.74) is 1.18. The number of nitrogens with one attached hydrogen (secondary N) is 1. The van der Waals surface area contributed by atoms with Crippen LogP contribution in [0.3, 0.4) is 0 Å². The number of ether oxygens (including phenoxy) is 2. The standard InChI is InChI=1S/C20H23N3O2S/c1-14(23-19-17-9-12-26-20(17)22-13-21-19)18(15-5-3-2-4-6-15)25-16-7-10-24-11-8-16/h2-6,9,12-14,16,18H,7-8,10-11H2,1H3,(H,21,22,23). The lowest BCUT2D eigenvalue weighted by Gasteiger charge is -2.32. The lowest BCUT2D eigenvalue weighted by atomic mass is 10.0. The molecule has 0 aliphatic carbocycles. The van der Waals surface area contributed by atoms with Gasteiger partial charge in [-0.1, -0.05) is 30.3 Å². The van der Waals surface area contributed by atoms with Crippen LogP contribution in [0.5, 0.6) is 0 Å². The first-order chi connectivity index (χ1) is 12.8. The Morgan fingerprint density at radius 2 is 1.96 bits per heavy atom. The van der Waals surface area contributed by atoms with Crippen molar-refractivity contribution >= 4 is 27.4 Å². The first-order valence-electron chi connectivity index (χ1n) is 9.04. The summed E-state index contributed by atoms with van der Waals surface area (Å²) in [5, 5.41) is 6.66. The molecule has 0 saturated carbocycles. The Kier molecular flexibility index (Phi) is 5.43. The van der Waals surface area contributed by atoms with Crippen LogP contribution in [-0.2, 0) is 9.47 Å². The molecule has 3 aromatic rings. The number of anilines is 1. The summed E-state index contributed by atoms with van der Waals surface area (Å²) in [6.07, 6.45) is 3.68. The number of benzene rings is 1. The highest BCUT2D eigenvalue weighted by Gasteiger charge is 2.26. The fraction of sp³-hybridized carbons (Fsp3) is 0.400. The molecule has 5 nitrogen and oxygen atoms in total. The second kappa shape index (κ2) is 8.12. The van der Waals surface area contributed by atoms with Gasteiger partial charge in [-0.3, -0.25) is 0 Å². The third-order valence-corrected chi connectivity index (χ3v) is 5.54. The Labute approximate surface area is 157 Å². The Balaban J connectivity index is 1.57. The van der Waals surface area contributed by atoms with Crippen molar-refractivity contribution in [1.82, 2.24) is 9.97 Å². The van der Waals surface area contributed by atoms with Crippen molar-refractivity contribution in [2.45, 2.75) is 38.0 Å². The lowest BCUT2D eigenvalue weighted by Crippen LogP contribution is -2.32. The quantitative estimate of drug-likeness (QED) is 0.697. The van der Waals surface area contributed by atoms with Crippen molar-refractivity contribution in [3.05, 3.63) is 53.7 Å². The number of hydrogen-bond donors (Lipinski definition) is 1. The summed E-state index contributed by atoms with van der Waals surface area (Å²) in [7, 11) is 0. The monoisotopic (exact) mass is 369 g/mol. The van der Waals surface area contributed by atoms with E-state index in [2.05, 4.69) is 52.5 Å². The predicted octanol–water partition coefficient (Wildman–Crippen LogP) is 4.43. The minimum absolute atomic E-state index is 0.0528. The summed E-state index contributed by atoms with van der Waals surface area (Å²) in [5.74, 6) is 0.861. The van der Waals surface area contributed by atoms with Gasteiger partial charge in [-0.2, -0.15) is 0 Å². The van der Waals surface area contributed by atoms with Gasteiger partial charge in [0.2, 0.25) is 0 Å². The van der Waals surface area contributed by atoms with Gasteiger partial charge in [0.05, 0.1) is 17.5 Å². The molecule has 1 saturated heterocycles. The number of hydrogen-bond acceptors (Lipinski definition) is 6. The molecule has 1 aliphatic rings. The van der Waals surface area contributed by atoms with Crippen molar-refractivity contribution in [3.8, 4) is 0 Å². The molecule has 136 valence electrons. The SMILES string of the molecule is CC(Nc1ncnc2sccc12)C(OC1CCOCC1)c1ccccc1. The van der Waals surface area contributed by atoms with E-state index in [1.165, 1.54) is 5.56 Å². The van der Waals surface area contributed by atoms with Gasteiger partial charge in [0.25, 0.3) is 0 Å². The van der Waals surface area contributed by atoms with E-state index in [1.807, 2.05) is 11.4 Å². The van der Waals surface area contributed by atoms with Gasteiger partial charge in [0.1, 0.15) is 23.1 Å². The molecule has 26 heavy (non-hydrogen) atoms. The Hall–Kier alpha value is -2.02. The first-order valence-corrected chi connectivity index (χ1v) is 9.92. The second-order valence-corrected chi connectivity index (χ2v) is 7.47. The van der Waals surface area contributed by atoms with E-state index in [9.17, 15) is 0 Å². The van der Waals surface area contributed by atoms with Gasteiger partial charge in [-0.05, 0) is 36.8 Å². The summed E-state index contributed by atoms with van der Waals surface area (Å²) in [4.78, 5) is 9.78. The van der Waals surface area contributed by atoms with E-state index in [0.717, 1.165) is 42.1 Å². The summed E-state index contributed by atoms with van der Waals surface area (Å²) >= 11 is 1.63. The van der Waals surface area contributed by atoms with Crippen LogP contribution in [0.25, 0.3) is 10.2 Å². The van der Waals surface area contributed by atoms with Crippen molar-refractivity contribution in [2.24, 2.45) is 0 Å². The van der Waals surface area contributed by atoms with Gasteiger partial charge in [0, 0.05) is 13.2 Å². The molecule has 1 fully saturated rings. The van der Waals surface area contributed by atoms with Gasteiger partial charge >= 0.3 is 0 Å². The maximum Gasteiger partial charge on any atom is 0.138 e. The van der Waals surface area contributed by atoms with E-state index in [1.54, 1.807) is 17.7 Å². The smallest absolute Gasteiger partial charge is 0.138 e. The van der Waals surface area contributed by atoms with Crippen molar-refractivity contribution < 1.29 is 9.47 Å². The number of nitrogens with zero attached hydrogens (tertiary/aromatic N) is 2. The van der Waals surface area contributed by atoms with Crippen LogP contribution in [0.2, 0.25) is 0 Å². The molecule has 0 bridgehead atoms. The third-order valence-electron chi connectivity index (χ3n) is 4.72. The van der Waals surface area contributed by atoms with Crippen molar-refractivity contribution in [1.29, 1.82) is 0 Å². The zero-order valence-corrected chi connectivity index (χ0v) is 15.6. The molecule has 2 atom stereocenters. The van der Waals surface area contributed by atoms with Gasteiger partial charge in [-0.25, -0.2) is 9.97 Å². The van der Waals surface area contributed by atoms with Crippen molar-refractivity contribution in [3.63, 3.8) is 0 Å². The molecule has 4 rings (SSSR count). The third kappa shape index (κ3) is 3.87. The minimum atomic E-state index is -0.0528. The molecule has 0 amide bonds. The van der Waals surface area contributed by atoms with E-state index in [0.29, 0.717) is 0 Å².